The summed E-state index contributed by atoms with van der Waals surface area (Å²) in [5.74, 6) is -0.215. The minimum atomic E-state index is -0.819. The Morgan fingerprint density at radius 3 is 2.74 bits per heavy atom. The summed E-state index contributed by atoms with van der Waals surface area (Å²) < 4.78 is 0. The van der Waals surface area contributed by atoms with Crippen LogP contribution in [0.2, 0.25) is 0 Å². The molecule has 6 heteroatoms. The van der Waals surface area contributed by atoms with Gasteiger partial charge in [0.25, 0.3) is 0 Å². The second kappa shape index (κ2) is 7.81. The van der Waals surface area contributed by atoms with Crippen molar-refractivity contribution in [1.82, 2.24) is 10.6 Å². The number of amides is 3. The van der Waals surface area contributed by atoms with Gasteiger partial charge in [-0.05, 0) is 17.7 Å². The van der Waals surface area contributed by atoms with Gasteiger partial charge in [0.15, 0.2) is 0 Å². The smallest absolute Gasteiger partial charge is 0.318 e. The molecule has 0 fully saturated rings. The Labute approximate surface area is 117 Å². The van der Waals surface area contributed by atoms with Gasteiger partial charge in [-0.1, -0.05) is 26.0 Å². The number of hydrogen-bond donors (Lipinski definition) is 3. The fraction of sp³-hybridized carbons (Fsp3) is 0.385. The number of thioether (sulfide) groups is 1. The van der Waals surface area contributed by atoms with E-state index in [0.29, 0.717) is 6.04 Å². The van der Waals surface area contributed by atoms with Crippen LogP contribution in [0.5, 0.6) is 0 Å². The molecule has 0 unspecified atom stereocenters. The highest BCUT2D eigenvalue weighted by atomic mass is 32.2. The number of carbonyl (C=O) groups excluding carboxylic acids is 2. The van der Waals surface area contributed by atoms with Crippen molar-refractivity contribution in [2.24, 2.45) is 5.73 Å². The van der Waals surface area contributed by atoms with Crippen LogP contribution in [0, 0.1) is 0 Å². The van der Waals surface area contributed by atoms with E-state index in [9.17, 15) is 9.59 Å². The maximum atomic E-state index is 11.3. The van der Waals surface area contributed by atoms with Gasteiger partial charge in [0.2, 0.25) is 5.91 Å². The molecule has 0 bridgehead atoms. The van der Waals surface area contributed by atoms with Gasteiger partial charge in [-0.25, -0.2) is 4.79 Å². The van der Waals surface area contributed by atoms with Gasteiger partial charge in [0, 0.05) is 17.5 Å². The normalized spacial score (nSPS) is 10.5. The molecule has 1 aromatic carbocycles. The van der Waals surface area contributed by atoms with E-state index in [1.807, 2.05) is 29.6 Å². The van der Waals surface area contributed by atoms with Crippen molar-refractivity contribution < 1.29 is 9.59 Å². The van der Waals surface area contributed by atoms with E-state index in [0.717, 1.165) is 17.0 Å². The predicted molar refractivity (Wildman–Crippen MR) is 76.9 cm³/mol. The molecule has 0 atom stereocenters. The van der Waals surface area contributed by atoms with Crippen molar-refractivity contribution in [3.05, 3.63) is 29.8 Å². The van der Waals surface area contributed by atoms with E-state index in [2.05, 4.69) is 19.2 Å². The molecule has 5 nitrogen and oxygen atoms in total. The molecule has 0 heterocycles. The second-order valence-electron chi connectivity index (χ2n) is 4.38. The van der Waals surface area contributed by atoms with Gasteiger partial charge in [-0.15, -0.1) is 11.8 Å². The Morgan fingerprint density at radius 2 is 2.11 bits per heavy atom. The largest absolute Gasteiger partial charge is 0.351 e. The SMILES string of the molecule is CC(C)NCc1cccc(SCC(=O)NC(N)=O)c1. The molecular formula is C13H19N3O2S. The van der Waals surface area contributed by atoms with E-state index >= 15 is 0 Å². The van der Waals surface area contributed by atoms with Gasteiger partial charge in [-0.3, -0.25) is 10.1 Å². The summed E-state index contributed by atoms with van der Waals surface area (Å²) in [7, 11) is 0. The van der Waals surface area contributed by atoms with Gasteiger partial charge < -0.3 is 11.1 Å². The van der Waals surface area contributed by atoms with Gasteiger partial charge in [0.05, 0.1) is 5.75 Å². The Kier molecular flexibility index (Phi) is 6.38. The zero-order valence-electron chi connectivity index (χ0n) is 11.1. The number of carbonyl (C=O) groups is 2. The van der Waals surface area contributed by atoms with Gasteiger partial charge in [-0.2, -0.15) is 0 Å². The summed E-state index contributed by atoms with van der Waals surface area (Å²) in [5, 5.41) is 5.36. The van der Waals surface area contributed by atoms with Crippen molar-refractivity contribution in [2.75, 3.05) is 5.75 Å². The Balaban J connectivity index is 2.48. The predicted octanol–water partition coefficient (Wildman–Crippen LogP) is 1.47. The summed E-state index contributed by atoms with van der Waals surface area (Å²) >= 11 is 1.37. The zero-order valence-corrected chi connectivity index (χ0v) is 11.9. The maximum Gasteiger partial charge on any atom is 0.318 e. The zero-order chi connectivity index (χ0) is 14.3. The quantitative estimate of drug-likeness (QED) is 0.689. The molecule has 104 valence electrons. The highest BCUT2D eigenvalue weighted by Crippen LogP contribution is 2.18. The summed E-state index contributed by atoms with van der Waals surface area (Å²) in [4.78, 5) is 22.8. The average Bonchev–Trinajstić information content (AvgIpc) is 2.34. The highest BCUT2D eigenvalue weighted by molar-refractivity contribution is 8.00. The van der Waals surface area contributed by atoms with Crippen LogP contribution in [0.15, 0.2) is 29.2 Å². The maximum absolute atomic E-state index is 11.3. The molecule has 19 heavy (non-hydrogen) atoms. The summed E-state index contributed by atoms with van der Waals surface area (Å²) in [5.41, 5.74) is 6.03. The van der Waals surface area contributed by atoms with Crippen molar-refractivity contribution in [1.29, 1.82) is 0 Å². The second-order valence-corrected chi connectivity index (χ2v) is 5.43. The minimum absolute atomic E-state index is 0.171. The van der Waals surface area contributed by atoms with Gasteiger partial charge >= 0.3 is 6.03 Å². The molecule has 1 rings (SSSR count). The Morgan fingerprint density at radius 1 is 1.37 bits per heavy atom. The number of primary amides is 1. The molecule has 4 N–H and O–H groups in total. The van der Waals surface area contributed by atoms with Crippen LogP contribution < -0.4 is 16.4 Å². The molecule has 0 radical (unpaired) electrons. The molecule has 0 spiro atoms. The first-order valence-corrected chi connectivity index (χ1v) is 7.00. The number of rotatable bonds is 6. The number of imide groups is 1. The summed E-state index contributed by atoms with van der Waals surface area (Å²) in [6.45, 7) is 4.97. The number of benzene rings is 1. The lowest BCUT2D eigenvalue weighted by atomic mass is 10.2. The molecule has 1 aromatic rings. The van der Waals surface area contributed by atoms with E-state index in [4.69, 9.17) is 5.73 Å². The molecule has 3 amide bonds. The molecule has 0 aromatic heterocycles. The average molecular weight is 281 g/mol. The van der Waals surface area contributed by atoms with E-state index < -0.39 is 6.03 Å². The monoisotopic (exact) mass is 281 g/mol. The summed E-state index contributed by atoms with van der Waals surface area (Å²) in [6.07, 6.45) is 0. The fourth-order valence-electron chi connectivity index (χ4n) is 1.39. The molecule has 0 aliphatic heterocycles. The van der Waals surface area contributed by atoms with Crippen LogP contribution >= 0.6 is 11.8 Å². The van der Waals surface area contributed by atoms with Crippen LogP contribution in [0.4, 0.5) is 4.79 Å². The highest BCUT2D eigenvalue weighted by Gasteiger charge is 2.05. The number of nitrogens with two attached hydrogens (primary N) is 1. The molecule has 0 saturated carbocycles. The minimum Gasteiger partial charge on any atom is -0.351 e. The lowest BCUT2D eigenvalue weighted by Crippen LogP contribution is -2.36. The van der Waals surface area contributed by atoms with E-state index in [-0.39, 0.29) is 11.7 Å². The Bertz CT molecular complexity index is 449. The van der Waals surface area contributed by atoms with Crippen LogP contribution in [0.3, 0.4) is 0 Å². The third-order valence-electron chi connectivity index (χ3n) is 2.25. The third-order valence-corrected chi connectivity index (χ3v) is 3.24. The molecule has 0 aliphatic carbocycles. The van der Waals surface area contributed by atoms with Crippen LogP contribution in [0.25, 0.3) is 0 Å². The topological polar surface area (TPSA) is 84.2 Å². The van der Waals surface area contributed by atoms with E-state index in [1.54, 1.807) is 0 Å². The van der Waals surface area contributed by atoms with Gasteiger partial charge in [0.1, 0.15) is 0 Å². The molecular weight excluding hydrogens is 262 g/mol. The Hall–Kier alpha value is -1.53. The van der Waals surface area contributed by atoms with Crippen molar-refractivity contribution in [3.63, 3.8) is 0 Å². The van der Waals surface area contributed by atoms with Crippen molar-refractivity contribution in [2.45, 2.75) is 31.3 Å². The summed E-state index contributed by atoms with van der Waals surface area (Å²) in [6, 6.07) is 7.55. The lowest BCUT2D eigenvalue weighted by molar-refractivity contribution is -0.117. The number of hydrogen-bond acceptors (Lipinski definition) is 4. The molecule has 0 aliphatic rings. The number of nitrogens with one attached hydrogen (secondary N) is 2. The molecule has 0 saturated heterocycles. The third kappa shape index (κ3) is 6.83. The first kappa shape index (κ1) is 15.5. The van der Waals surface area contributed by atoms with Crippen LogP contribution in [-0.2, 0) is 11.3 Å². The first-order chi connectivity index (χ1) is 8.97. The lowest BCUT2D eigenvalue weighted by Gasteiger charge is -2.09. The fourth-order valence-corrected chi connectivity index (χ4v) is 2.17. The number of urea groups is 1. The van der Waals surface area contributed by atoms with Crippen LogP contribution in [-0.4, -0.2) is 23.7 Å². The van der Waals surface area contributed by atoms with E-state index in [1.165, 1.54) is 11.8 Å². The van der Waals surface area contributed by atoms with Crippen molar-refractivity contribution >= 4 is 23.7 Å². The standard InChI is InChI=1S/C13H19N3O2S/c1-9(2)15-7-10-4-3-5-11(6-10)19-8-12(17)16-13(14)18/h3-6,9,15H,7-8H2,1-2H3,(H3,14,16,17,18). The van der Waals surface area contributed by atoms with Crippen LogP contribution in [0.1, 0.15) is 19.4 Å². The van der Waals surface area contributed by atoms with Crippen molar-refractivity contribution in [3.8, 4) is 0 Å². The first-order valence-electron chi connectivity index (χ1n) is 6.02.